The monoisotopic (exact) mass is 252 g/mol. The number of hydrogen-bond donors (Lipinski definition) is 1. The van der Waals surface area contributed by atoms with E-state index in [1.807, 2.05) is 0 Å². The summed E-state index contributed by atoms with van der Waals surface area (Å²) in [5.41, 5.74) is 0.469. The van der Waals surface area contributed by atoms with Crippen LogP contribution in [0.5, 0.6) is 0 Å². The van der Waals surface area contributed by atoms with Gasteiger partial charge in [0.1, 0.15) is 0 Å². The Hall–Kier alpha value is -0.0800. The molecule has 0 bridgehead atoms. The second-order valence-corrected chi connectivity index (χ2v) is 6.66. The van der Waals surface area contributed by atoms with Gasteiger partial charge in [-0.05, 0) is 38.6 Å². The molecule has 1 spiro atoms. The Kier molecular flexibility index (Phi) is 5.08. The van der Waals surface area contributed by atoms with Crippen LogP contribution < -0.4 is 5.32 Å². The Balaban J connectivity index is 2.00. The fraction of sp³-hybridized carbons (Fsp3) is 1.00. The summed E-state index contributed by atoms with van der Waals surface area (Å²) in [6.07, 6.45) is 9.65. The standard InChI is InChI=1S/C16H32N2/c1-4-15(5-2)12-18-13-16(9-6-7-10-16)17-11-8-14(18)3/h14-15,17H,4-13H2,1-3H3. The average Bonchev–Trinajstić information content (AvgIpc) is 2.76. The Bertz CT molecular complexity index is 241. The average molecular weight is 252 g/mol. The van der Waals surface area contributed by atoms with Crippen molar-refractivity contribution < 1.29 is 0 Å². The lowest BCUT2D eigenvalue weighted by Crippen LogP contribution is -2.51. The second kappa shape index (κ2) is 6.38. The van der Waals surface area contributed by atoms with Crippen molar-refractivity contribution in [3.63, 3.8) is 0 Å². The number of nitrogens with one attached hydrogen (secondary N) is 1. The molecule has 0 radical (unpaired) electrons. The highest BCUT2D eigenvalue weighted by Crippen LogP contribution is 2.33. The van der Waals surface area contributed by atoms with Crippen LogP contribution in [-0.4, -0.2) is 36.1 Å². The third kappa shape index (κ3) is 3.27. The lowest BCUT2D eigenvalue weighted by molar-refractivity contribution is 0.141. The van der Waals surface area contributed by atoms with Gasteiger partial charge in [0.25, 0.3) is 0 Å². The van der Waals surface area contributed by atoms with Crippen LogP contribution in [0.1, 0.15) is 65.7 Å². The van der Waals surface area contributed by atoms with E-state index in [0.29, 0.717) is 5.54 Å². The first-order valence-corrected chi connectivity index (χ1v) is 8.18. The van der Waals surface area contributed by atoms with E-state index in [1.165, 1.54) is 64.6 Å². The Morgan fingerprint density at radius 2 is 1.89 bits per heavy atom. The van der Waals surface area contributed by atoms with Crippen molar-refractivity contribution in [2.75, 3.05) is 19.6 Å². The molecule has 1 N–H and O–H groups in total. The normalized spacial score (nSPS) is 29.0. The summed E-state index contributed by atoms with van der Waals surface area (Å²) in [6, 6.07) is 0.762. The third-order valence-electron chi connectivity index (χ3n) is 5.40. The molecule has 1 saturated carbocycles. The second-order valence-electron chi connectivity index (χ2n) is 6.66. The molecular formula is C16H32N2. The molecule has 1 saturated heterocycles. The van der Waals surface area contributed by atoms with Crippen LogP contribution in [0.2, 0.25) is 0 Å². The zero-order valence-electron chi connectivity index (χ0n) is 12.7. The Morgan fingerprint density at radius 3 is 2.50 bits per heavy atom. The first kappa shape index (κ1) is 14.3. The van der Waals surface area contributed by atoms with Crippen molar-refractivity contribution in [2.24, 2.45) is 5.92 Å². The molecule has 1 heterocycles. The summed E-state index contributed by atoms with van der Waals surface area (Å²) >= 11 is 0. The van der Waals surface area contributed by atoms with Gasteiger partial charge >= 0.3 is 0 Å². The predicted molar refractivity (Wildman–Crippen MR) is 78.9 cm³/mol. The minimum atomic E-state index is 0.469. The van der Waals surface area contributed by atoms with Crippen LogP contribution in [0.4, 0.5) is 0 Å². The molecule has 0 aromatic carbocycles. The quantitative estimate of drug-likeness (QED) is 0.825. The Labute approximate surface area is 114 Å². The minimum Gasteiger partial charge on any atom is -0.310 e. The largest absolute Gasteiger partial charge is 0.310 e. The molecule has 2 heteroatoms. The van der Waals surface area contributed by atoms with Gasteiger partial charge in [0, 0.05) is 24.7 Å². The first-order valence-electron chi connectivity index (χ1n) is 8.18. The SMILES string of the molecule is CCC(CC)CN1CC2(CCCC2)NCCC1C. The van der Waals surface area contributed by atoms with Crippen molar-refractivity contribution in [3.8, 4) is 0 Å². The molecule has 2 rings (SSSR count). The molecule has 106 valence electrons. The van der Waals surface area contributed by atoms with E-state index in [9.17, 15) is 0 Å². The van der Waals surface area contributed by atoms with Crippen LogP contribution >= 0.6 is 0 Å². The molecule has 1 aliphatic carbocycles. The van der Waals surface area contributed by atoms with E-state index in [4.69, 9.17) is 0 Å². The molecule has 0 amide bonds. The van der Waals surface area contributed by atoms with Crippen molar-refractivity contribution in [1.29, 1.82) is 0 Å². The maximum Gasteiger partial charge on any atom is 0.0308 e. The third-order valence-corrected chi connectivity index (χ3v) is 5.40. The van der Waals surface area contributed by atoms with Gasteiger partial charge < -0.3 is 5.32 Å². The minimum absolute atomic E-state index is 0.469. The molecule has 2 nitrogen and oxygen atoms in total. The summed E-state index contributed by atoms with van der Waals surface area (Å²) in [5.74, 6) is 0.893. The van der Waals surface area contributed by atoms with Gasteiger partial charge in [-0.3, -0.25) is 4.90 Å². The summed E-state index contributed by atoms with van der Waals surface area (Å²) < 4.78 is 0. The highest BCUT2D eigenvalue weighted by Gasteiger charge is 2.38. The van der Waals surface area contributed by atoms with Gasteiger partial charge in [-0.15, -0.1) is 0 Å². The fourth-order valence-corrected chi connectivity index (χ4v) is 3.84. The molecular weight excluding hydrogens is 220 g/mol. The summed E-state index contributed by atoms with van der Waals surface area (Å²) in [5, 5.41) is 3.88. The molecule has 1 aliphatic heterocycles. The van der Waals surface area contributed by atoms with Crippen molar-refractivity contribution in [2.45, 2.75) is 77.3 Å². The van der Waals surface area contributed by atoms with Crippen molar-refractivity contribution in [1.82, 2.24) is 10.2 Å². The van der Waals surface area contributed by atoms with E-state index in [2.05, 4.69) is 31.0 Å². The van der Waals surface area contributed by atoms with E-state index in [-0.39, 0.29) is 0 Å². The molecule has 0 aromatic heterocycles. The van der Waals surface area contributed by atoms with Crippen LogP contribution in [0.3, 0.4) is 0 Å². The maximum absolute atomic E-state index is 3.88. The van der Waals surface area contributed by atoms with E-state index in [1.54, 1.807) is 0 Å². The fourth-order valence-electron chi connectivity index (χ4n) is 3.84. The van der Waals surface area contributed by atoms with Gasteiger partial charge in [-0.2, -0.15) is 0 Å². The summed E-state index contributed by atoms with van der Waals surface area (Å²) in [4.78, 5) is 2.79. The number of rotatable bonds is 4. The van der Waals surface area contributed by atoms with E-state index >= 15 is 0 Å². The number of hydrogen-bond acceptors (Lipinski definition) is 2. The highest BCUT2D eigenvalue weighted by atomic mass is 15.2. The van der Waals surface area contributed by atoms with Crippen LogP contribution in [0.25, 0.3) is 0 Å². The highest BCUT2D eigenvalue weighted by molar-refractivity contribution is 4.98. The lowest BCUT2D eigenvalue weighted by atomic mass is 9.95. The summed E-state index contributed by atoms with van der Waals surface area (Å²) in [7, 11) is 0. The van der Waals surface area contributed by atoms with Crippen LogP contribution in [-0.2, 0) is 0 Å². The first-order chi connectivity index (χ1) is 8.69. The molecule has 18 heavy (non-hydrogen) atoms. The number of nitrogens with zero attached hydrogens (tertiary/aromatic N) is 1. The van der Waals surface area contributed by atoms with Crippen molar-refractivity contribution >= 4 is 0 Å². The van der Waals surface area contributed by atoms with Crippen molar-refractivity contribution in [3.05, 3.63) is 0 Å². The van der Waals surface area contributed by atoms with Gasteiger partial charge in [0.15, 0.2) is 0 Å². The molecule has 1 atom stereocenters. The lowest BCUT2D eigenvalue weighted by Gasteiger charge is -2.37. The molecule has 0 aromatic rings. The van der Waals surface area contributed by atoms with Gasteiger partial charge in [0.05, 0.1) is 0 Å². The van der Waals surface area contributed by atoms with Crippen LogP contribution in [0, 0.1) is 5.92 Å². The maximum atomic E-state index is 3.88. The predicted octanol–water partition coefficient (Wildman–Crippen LogP) is 3.42. The van der Waals surface area contributed by atoms with Gasteiger partial charge in [0.2, 0.25) is 0 Å². The molecule has 2 aliphatic rings. The zero-order chi connectivity index (χ0) is 13.0. The molecule has 2 fully saturated rings. The smallest absolute Gasteiger partial charge is 0.0308 e. The van der Waals surface area contributed by atoms with Gasteiger partial charge in [-0.25, -0.2) is 0 Å². The topological polar surface area (TPSA) is 15.3 Å². The Morgan fingerprint density at radius 1 is 1.22 bits per heavy atom. The van der Waals surface area contributed by atoms with Crippen LogP contribution in [0.15, 0.2) is 0 Å². The van der Waals surface area contributed by atoms with Gasteiger partial charge in [-0.1, -0.05) is 39.5 Å². The zero-order valence-corrected chi connectivity index (χ0v) is 12.7. The summed E-state index contributed by atoms with van der Waals surface area (Å²) in [6.45, 7) is 11.0. The van der Waals surface area contributed by atoms with E-state index in [0.717, 1.165) is 12.0 Å². The molecule has 1 unspecified atom stereocenters. The van der Waals surface area contributed by atoms with E-state index < -0.39 is 0 Å².